The molecule has 0 aliphatic heterocycles. The number of rotatable bonds is 9. The average molecular weight is 281 g/mol. The Hall–Kier alpha value is -1.40. The number of carbonyl (C=O) groups is 1. The van der Waals surface area contributed by atoms with Crippen molar-refractivity contribution in [3.8, 4) is 0 Å². The molecule has 1 aromatic heterocycles. The van der Waals surface area contributed by atoms with E-state index in [4.69, 9.17) is 5.73 Å². The summed E-state index contributed by atoms with van der Waals surface area (Å²) in [5.41, 5.74) is 6.21. The molecule has 1 heterocycles. The fourth-order valence-corrected chi connectivity index (χ4v) is 1.98. The summed E-state index contributed by atoms with van der Waals surface area (Å²) in [5.74, 6) is -0.0715. The normalized spacial score (nSPS) is 12.7. The van der Waals surface area contributed by atoms with Gasteiger partial charge in [-0.25, -0.2) is 0 Å². The maximum absolute atomic E-state index is 11.9. The van der Waals surface area contributed by atoms with Crippen LogP contribution in [0.2, 0.25) is 0 Å². The smallest absolute Gasteiger partial charge is 0.227 e. The molecule has 0 aliphatic rings. The number of nitrogens with two attached hydrogens (primary N) is 1. The lowest BCUT2D eigenvalue weighted by Gasteiger charge is -2.17. The Kier molecular flexibility index (Phi) is 7.25. The van der Waals surface area contributed by atoms with Gasteiger partial charge in [-0.2, -0.15) is 5.10 Å². The molecule has 0 saturated carbocycles. The van der Waals surface area contributed by atoms with Crippen LogP contribution >= 0.6 is 0 Å². The summed E-state index contributed by atoms with van der Waals surface area (Å²) in [5, 5.41) is 7.14. The molecule has 0 aliphatic carbocycles. The first kappa shape index (κ1) is 16.7. The quantitative estimate of drug-likeness (QED) is 0.712. The summed E-state index contributed by atoms with van der Waals surface area (Å²) < 4.78 is 1.86. The molecule has 0 spiro atoms. The maximum Gasteiger partial charge on any atom is 0.227 e. The van der Waals surface area contributed by atoms with Gasteiger partial charge in [0.2, 0.25) is 5.91 Å². The van der Waals surface area contributed by atoms with Gasteiger partial charge in [0, 0.05) is 18.7 Å². The maximum atomic E-state index is 11.9. The van der Waals surface area contributed by atoms with Gasteiger partial charge in [-0.1, -0.05) is 20.8 Å². The lowest BCUT2D eigenvalue weighted by Crippen LogP contribution is -2.27. The van der Waals surface area contributed by atoms with Crippen molar-refractivity contribution in [1.29, 1.82) is 0 Å². The van der Waals surface area contributed by atoms with Crippen molar-refractivity contribution >= 4 is 11.6 Å². The monoisotopic (exact) mass is 281 g/mol. The van der Waals surface area contributed by atoms with Crippen LogP contribution in [-0.4, -0.2) is 46.8 Å². The predicted molar refractivity (Wildman–Crippen MR) is 81.5 cm³/mol. The Morgan fingerprint density at radius 2 is 2.20 bits per heavy atom. The minimum atomic E-state index is -0.0703. The van der Waals surface area contributed by atoms with Gasteiger partial charge in [0.15, 0.2) is 0 Å². The number of hydrogen-bond donors (Lipinski definition) is 2. The highest BCUT2D eigenvalue weighted by Gasteiger charge is 2.12. The third-order valence-corrected chi connectivity index (χ3v) is 3.49. The lowest BCUT2D eigenvalue weighted by atomic mass is 10.1. The van der Waals surface area contributed by atoms with E-state index in [0.29, 0.717) is 13.0 Å². The summed E-state index contributed by atoms with van der Waals surface area (Å²) >= 11 is 0. The molecule has 1 amide bonds. The first-order chi connectivity index (χ1) is 9.60. The van der Waals surface area contributed by atoms with Crippen LogP contribution in [0.5, 0.6) is 0 Å². The molecule has 1 unspecified atom stereocenters. The van der Waals surface area contributed by atoms with Gasteiger partial charge in [0.1, 0.15) is 0 Å². The largest absolute Gasteiger partial charge is 0.330 e. The molecule has 114 valence electrons. The molecule has 0 bridgehead atoms. The van der Waals surface area contributed by atoms with Crippen LogP contribution in [0.15, 0.2) is 12.4 Å². The molecule has 1 atom stereocenters. The van der Waals surface area contributed by atoms with Crippen molar-refractivity contribution in [3.63, 3.8) is 0 Å². The predicted octanol–water partition coefficient (Wildman–Crippen LogP) is 1.15. The Balaban J connectivity index is 2.45. The molecular weight excluding hydrogens is 254 g/mol. The highest BCUT2D eigenvalue weighted by atomic mass is 16.1. The van der Waals surface area contributed by atoms with E-state index < -0.39 is 0 Å². The summed E-state index contributed by atoms with van der Waals surface area (Å²) in [6.07, 6.45) is 4.26. The zero-order valence-corrected chi connectivity index (χ0v) is 12.8. The minimum absolute atomic E-state index is 0.00116. The molecule has 3 N–H and O–H groups in total. The number of nitrogens with zero attached hydrogens (tertiary/aromatic N) is 3. The number of aromatic nitrogens is 2. The van der Waals surface area contributed by atoms with Crippen LogP contribution < -0.4 is 11.1 Å². The third kappa shape index (κ3) is 5.30. The number of anilines is 1. The van der Waals surface area contributed by atoms with Crippen molar-refractivity contribution in [1.82, 2.24) is 14.7 Å². The van der Waals surface area contributed by atoms with Crippen molar-refractivity contribution in [2.75, 3.05) is 31.5 Å². The van der Waals surface area contributed by atoms with Crippen molar-refractivity contribution in [3.05, 3.63) is 12.4 Å². The lowest BCUT2D eigenvalue weighted by molar-refractivity contribution is -0.119. The second-order valence-corrected chi connectivity index (χ2v) is 4.99. The summed E-state index contributed by atoms with van der Waals surface area (Å²) in [4.78, 5) is 14.2. The molecule has 0 fully saturated rings. The van der Waals surface area contributed by atoms with Crippen LogP contribution in [0.3, 0.4) is 0 Å². The van der Waals surface area contributed by atoms with E-state index in [1.807, 2.05) is 17.8 Å². The van der Waals surface area contributed by atoms with Crippen molar-refractivity contribution in [2.45, 2.75) is 33.7 Å². The van der Waals surface area contributed by atoms with Gasteiger partial charge < -0.3 is 16.0 Å². The van der Waals surface area contributed by atoms with Gasteiger partial charge in [0.25, 0.3) is 0 Å². The van der Waals surface area contributed by atoms with Gasteiger partial charge in [-0.05, 0) is 26.1 Å². The van der Waals surface area contributed by atoms with E-state index in [1.54, 1.807) is 6.20 Å². The standard InChI is InChI=1S/C14H27N5O/c1-4-18(5-2)8-9-19-11-13(10-16-19)17-14(20)12(3)6-7-15/h10-12H,4-9,15H2,1-3H3,(H,17,20). The van der Waals surface area contributed by atoms with E-state index >= 15 is 0 Å². The summed E-state index contributed by atoms with van der Waals surface area (Å²) in [7, 11) is 0. The Labute approximate surface area is 121 Å². The van der Waals surface area contributed by atoms with Crippen LogP contribution in [0.4, 0.5) is 5.69 Å². The molecule has 0 radical (unpaired) electrons. The fraction of sp³-hybridized carbons (Fsp3) is 0.714. The van der Waals surface area contributed by atoms with E-state index in [0.717, 1.165) is 31.9 Å². The number of amides is 1. The minimum Gasteiger partial charge on any atom is -0.330 e. The molecule has 0 saturated heterocycles. The van der Waals surface area contributed by atoms with Gasteiger partial charge in [-0.15, -0.1) is 0 Å². The van der Waals surface area contributed by atoms with Crippen LogP contribution in [0.1, 0.15) is 27.2 Å². The van der Waals surface area contributed by atoms with Crippen LogP contribution in [-0.2, 0) is 11.3 Å². The van der Waals surface area contributed by atoms with Gasteiger partial charge in [-0.3, -0.25) is 9.48 Å². The Bertz CT molecular complexity index is 400. The average Bonchev–Trinajstić information content (AvgIpc) is 2.87. The molecule has 1 aromatic rings. The molecule has 20 heavy (non-hydrogen) atoms. The number of carbonyl (C=O) groups excluding carboxylic acids is 1. The fourth-order valence-electron chi connectivity index (χ4n) is 1.98. The first-order valence-corrected chi connectivity index (χ1v) is 7.36. The van der Waals surface area contributed by atoms with E-state index in [-0.39, 0.29) is 11.8 Å². The zero-order valence-electron chi connectivity index (χ0n) is 12.8. The number of nitrogens with one attached hydrogen (secondary N) is 1. The molecule has 1 rings (SSSR count). The van der Waals surface area contributed by atoms with Gasteiger partial charge in [0.05, 0.1) is 18.4 Å². The zero-order chi connectivity index (χ0) is 15.0. The highest BCUT2D eigenvalue weighted by molar-refractivity contribution is 5.91. The topological polar surface area (TPSA) is 76.2 Å². The molecule has 6 nitrogen and oxygen atoms in total. The van der Waals surface area contributed by atoms with E-state index in [2.05, 4.69) is 29.2 Å². The molecular formula is C14H27N5O. The summed E-state index contributed by atoms with van der Waals surface area (Å²) in [6.45, 7) is 10.6. The van der Waals surface area contributed by atoms with Crippen molar-refractivity contribution in [2.24, 2.45) is 11.7 Å². The number of likely N-dealkylation sites (N-methyl/N-ethyl adjacent to an activating group) is 1. The third-order valence-electron chi connectivity index (χ3n) is 3.49. The van der Waals surface area contributed by atoms with Crippen molar-refractivity contribution < 1.29 is 4.79 Å². The van der Waals surface area contributed by atoms with Gasteiger partial charge >= 0.3 is 0 Å². The summed E-state index contributed by atoms with van der Waals surface area (Å²) in [6, 6.07) is 0. The van der Waals surface area contributed by atoms with E-state index in [1.165, 1.54) is 0 Å². The highest BCUT2D eigenvalue weighted by Crippen LogP contribution is 2.09. The van der Waals surface area contributed by atoms with Crippen LogP contribution in [0.25, 0.3) is 0 Å². The SMILES string of the molecule is CCN(CC)CCn1cc(NC(=O)C(C)CCN)cn1. The van der Waals surface area contributed by atoms with Crippen LogP contribution in [0, 0.1) is 5.92 Å². The number of hydrogen-bond acceptors (Lipinski definition) is 4. The molecule has 6 heteroatoms. The van der Waals surface area contributed by atoms with E-state index in [9.17, 15) is 4.79 Å². The first-order valence-electron chi connectivity index (χ1n) is 7.36. The Morgan fingerprint density at radius 3 is 2.80 bits per heavy atom. The molecule has 0 aromatic carbocycles. The second-order valence-electron chi connectivity index (χ2n) is 4.99. The second kappa shape index (κ2) is 8.71. The Morgan fingerprint density at radius 1 is 1.50 bits per heavy atom.